The first-order valence-corrected chi connectivity index (χ1v) is 7.71. The smallest absolute Gasteiger partial charge is 0.332 e. The second kappa shape index (κ2) is 5.63. The molecular formula is C18H20N4O2. The van der Waals surface area contributed by atoms with Gasteiger partial charge in [0.05, 0.1) is 5.69 Å². The van der Waals surface area contributed by atoms with Crippen LogP contribution in [0, 0.1) is 20.8 Å². The molecule has 0 aliphatic carbocycles. The molecule has 0 saturated heterocycles. The van der Waals surface area contributed by atoms with Crippen molar-refractivity contribution in [3.8, 4) is 0 Å². The van der Waals surface area contributed by atoms with Crippen LogP contribution < -0.4 is 16.6 Å². The average molecular weight is 324 g/mol. The highest BCUT2D eigenvalue weighted by Crippen LogP contribution is 2.26. The summed E-state index contributed by atoms with van der Waals surface area (Å²) in [6, 6.07) is 6.04. The number of pyridine rings is 1. The molecule has 0 bridgehead atoms. The highest BCUT2D eigenvalue weighted by Gasteiger charge is 2.16. The maximum atomic E-state index is 12.7. The third-order valence-corrected chi connectivity index (χ3v) is 4.43. The van der Waals surface area contributed by atoms with E-state index in [4.69, 9.17) is 0 Å². The number of aromatic nitrogens is 3. The van der Waals surface area contributed by atoms with E-state index in [1.54, 1.807) is 13.2 Å². The van der Waals surface area contributed by atoms with E-state index >= 15 is 0 Å². The Bertz CT molecular complexity index is 1080. The Morgan fingerprint density at radius 1 is 0.958 bits per heavy atom. The minimum Gasteiger partial charge on any atom is -0.354 e. The van der Waals surface area contributed by atoms with Crippen molar-refractivity contribution in [3.05, 3.63) is 61.9 Å². The summed E-state index contributed by atoms with van der Waals surface area (Å²) in [5.41, 5.74) is 4.42. The second-order valence-electron chi connectivity index (χ2n) is 6.14. The van der Waals surface area contributed by atoms with Gasteiger partial charge in [0, 0.05) is 26.0 Å². The summed E-state index contributed by atoms with van der Waals surface area (Å²) in [6.45, 7) is 5.98. The molecule has 0 aliphatic rings. The Hall–Kier alpha value is -2.89. The van der Waals surface area contributed by atoms with Gasteiger partial charge in [-0.15, -0.1) is 0 Å². The third kappa shape index (κ3) is 2.40. The van der Waals surface area contributed by atoms with Gasteiger partial charge in [0.2, 0.25) is 0 Å². The Morgan fingerprint density at radius 2 is 1.67 bits per heavy atom. The Morgan fingerprint density at radius 3 is 2.33 bits per heavy atom. The molecular weight excluding hydrogens is 304 g/mol. The van der Waals surface area contributed by atoms with Crippen molar-refractivity contribution >= 4 is 22.4 Å². The van der Waals surface area contributed by atoms with Gasteiger partial charge < -0.3 is 5.32 Å². The van der Waals surface area contributed by atoms with Gasteiger partial charge in [0.15, 0.2) is 5.65 Å². The number of hydrogen-bond acceptors (Lipinski definition) is 4. The van der Waals surface area contributed by atoms with Crippen LogP contribution in [0.3, 0.4) is 0 Å². The molecule has 3 aromatic rings. The molecule has 1 N–H and O–H groups in total. The van der Waals surface area contributed by atoms with Crippen LogP contribution in [0.4, 0.5) is 11.4 Å². The van der Waals surface area contributed by atoms with Crippen LogP contribution in [0.2, 0.25) is 0 Å². The van der Waals surface area contributed by atoms with E-state index in [0.29, 0.717) is 16.7 Å². The van der Waals surface area contributed by atoms with Gasteiger partial charge >= 0.3 is 5.69 Å². The van der Waals surface area contributed by atoms with Gasteiger partial charge in [0.1, 0.15) is 5.39 Å². The van der Waals surface area contributed by atoms with Crippen LogP contribution in [0.15, 0.2) is 34.0 Å². The van der Waals surface area contributed by atoms with Crippen LogP contribution in [0.1, 0.15) is 16.7 Å². The molecule has 0 amide bonds. The van der Waals surface area contributed by atoms with Crippen molar-refractivity contribution in [1.82, 2.24) is 14.1 Å². The quantitative estimate of drug-likeness (QED) is 0.785. The number of nitrogens with zero attached hydrogens (tertiary/aromatic N) is 3. The molecule has 6 nitrogen and oxygen atoms in total. The van der Waals surface area contributed by atoms with Crippen molar-refractivity contribution in [2.45, 2.75) is 20.8 Å². The summed E-state index contributed by atoms with van der Waals surface area (Å²) in [6.07, 6.45) is 1.67. The lowest BCUT2D eigenvalue weighted by atomic mass is 10.1. The molecule has 3 rings (SSSR count). The molecule has 0 fully saturated rings. The first kappa shape index (κ1) is 16.0. The summed E-state index contributed by atoms with van der Waals surface area (Å²) in [4.78, 5) is 29.0. The molecule has 2 aromatic heterocycles. The van der Waals surface area contributed by atoms with E-state index in [1.807, 2.05) is 32.0 Å². The molecule has 1 aromatic carbocycles. The Balaban J connectivity index is 2.31. The monoisotopic (exact) mass is 324 g/mol. The van der Waals surface area contributed by atoms with Gasteiger partial charge in [-0.3, -0.25) is 13.9 Å². The van der Waals surface area contributed by atoms with Crippen LogP contribution in [0.5, 0.6) is 0 Å². The average Bonchev–Trinajstić information content (AvgIpc) is 2.56. The summed E-state index contributed by atoms with van der Waals surface area (Å²) < 4.78 is 2.50. The lowest BCUT2D eigenvalue weighted by molar-refractivity contribution is 0.707. The SMILES string of the molecule is Cc1ccc(Nc2c(C)cnc3c2c(=O)n(C)c(=O)n3C)cc1C. The zero-order valence-electron chi connectivity index (χ0n) is 14.5. The molecule has 24 heavy (non-hydrogen) atoms. The van der Waals surface area contributed by atoms with Gasteiger partial charge in [-0.05, 0) is 49.6 Å². The van der Waals surface area contributed by atoms with E-state index in [-0.39, 0.29) is 11.2 Å². The van der Waals surface area contributed by atoms with Crippen molar-refractivity contribution in [1.29, 1.82) is 0 Å². The van der Waals surface area contributed by atoms with Gasteiger partial charge in [-0.25, -0.2) is 9.78 Å². The summed E-state index contributed by atoms with van der Waals surface area (Å²) in [5, 5.41) is 3.74. The largest absolute Gasteiger partial charge is 0.354 e. The van der Waals surface area contributed by atoms with Gasteiger partial charge in [-0.2, -0.15) is 0 Å². The van der Waals surface area contributed by atoms with Crippen LogP contribution >= 0.6 is 0 Å². The number of nitrogens with one attached hydrogen (secondary N) is 1. The lowest BCUT2D eigenvalue weighted by Crippen LogP contribution is -2.37. The number of anilines is 2. The summed E-state index contributed by atoms with van der Waals surface area (Å²) in [7, 11) is 3.10. The van der Waals surface area contributed by atoms with Gasteiger partial charge in [0.25, 0.3) is 5.56 Å². The molecule has 124 valence electrons. The van der Waals surface area contributed by atoms with Crippen molar-refractivity contribution in [3.63, 3.8) is 0 Å². The van der Waals surface area contributed by atoms with Crippen LogP contribution in [0.25, 0.3) is 11.0 Å². The van der Waals surface area contributed by atoms with E-state index in [1.165, 1.54) is 17.2 Å². The topological polar surface area (TPSA) is 68.9 Å². The zero-order chi connectivity index (χ0) is 17.6. The van der Waals surface area contributed by atoms with E-state index in [2.05, 4.69) is 17.2 Å². The fraction of sp³-hybridized carbons (Fsp3) is 0.278. The molecule has 0 atom stereocenters. The normalized spacial score (nSPS) is 11.0. The van der Waals surface area contributed by atoms with E-state index < -0.39 is 0 Å². The van der Waals surface area contributed by atoms with Crippen molar-refractivity contribution in [2.75, 3.05) is 5.32 Å². The number of aryl methyl sites for hydroxylation is 4. The zero-order valence-corrected chi connectivity index (χ0v) is 14.5. The minimum atomic E-state index is -0.388. The number of fused-ring (bicyclic) bond motifs is 1. The maximum absolute atomic E-state index is 12.7. The highest BCUT2D eigenvalue weighted by molar-refractivity contribution is 5.92. The summed E-state index contributed by atoms with van der Waals surface area (Å²) in [5.74, 6) is 0. The second-order valence-corrected chi connectivity index (χ2v) is 6.14. The van der Waals surface area contributed by atoms with Crippen molar-refractivity contribution < 1.29 is 0 Å². The molecule has 0 aliphatic heterocycles. The van der Waals surface area contributed by atoms with Crippen LogP contribution in [-0.4, -0.2) is 14.1 Å². The minimum absolute atomic E-state index is 0.351. The fourth-order valence-corrected chi connectivity index (χ4v) is 2.75. The van der Waals surface area contributed by atoms with Crippen molar-refractivity contribution in [2.24, 2.45) is 14.1 Å². The molecule has 0 unspecified atom stereocenters. The lowest BCUT2D eigenvalue weighted by Gasteiger charge is -2.15. The van der Waals surface area contributed by atoms with Crippen LogP contribution in [-0.2, 0) is 14.1 Å². The van der Waals surface area contributed by atoms with E-state index in [9.17, 15) is 9.59 Å². The first-order valence-electron chi connectivity index (χ1n) is 7.71. The number of benzene rings is 1. The molecule has 0 radical (unpaired) electrons. The van der Waals surface area contributed by atoms with E-state index in [0.717, 1.165) is 21.4 Å². The molecule has 2 heterocycles. The standard InChI is InChI=1S/C18H20N4O2/c1-10-6-7-13(8-11(10)2)20-15-12(3)9-19-16-14(15)17(23)22(5)18(24)21(16)4/h6-9H,1-5H3,(H,19,20). The molecule has 0 saturated carbocycles. The molecule has 6 heteroatoms. The number of rotatable bonds is 2. The highest BCUT2D eigenvalue weighted by atomic mass is 16.2. The maximum Gasteiger partial charge on any atom is 0.332 e. The Kier molecular flexibility index (Phi) is 3.75. The summed E-state index contributed by atoms with van der Waals surface area (Å²) >= 11 is 0. The first-order chi connectivity index (χ1) is 11.3. The predicted octanol–water partition coefficient (Wildman–Crippen LogP) is 2.30. The number of hydrogen-bond donors (Lipinski definition) is 1. The molecule has 0 spiro atoms. The van der Waals surface area contributed by atoms with Gasteiger partial charge in [-0.1, -0.05) is 6.07 Å². The third-order valence-electron chi connectivity index (χ3n) is 4.43. The fourth-order valence-electron chi connectivity index (χ4n) is 2.75. The predicted molar refractivity (Wildman–Crippen MR) is 96.2 cm³/mol. The Labute approximate surface area is 139 Å².